The van der Waals surface area contributed by atoms with Crippen LogP contribution in [0.15, 0.2) is 298 Å². The molecule has 4 amide bonds. The summed E-state index contributed by atoms with van der Waals surface area (Å²) in [4.78, 5) is 101. The molecule has 6 N–H and O–H groups in total. The standard InChI is InChI=1S/C29H31N5O.C26H25N5O.C25H29N5O.C25H31N5O/c1-22-9-11-24(12-10-22)27-17-18-30-29(32-27)31-26-15-13-25(14-16-26)28(35)34(20-19-33(2)3)21-23-7-5-4-6-8-23;1-19-6-8-20(9-7-19)24-14-17-28-26(30-24)29-23-12-10-21(11-13-23)25(32)31(2)18-15-22-5-3-4-16-27-22;1-18-5-7-19(8-6-18)23-14-16-27-25(29-23)28-21-11-9-20(10-12-21)24(31)26-15-13-22-4-3-17-30(22)2;1-4-30(5-2)18-6-16-26-24(31)21-11-13-22(14-12-21)28-25-27-17-15-23(29-25)20-9-7-19(3)8-10-20/h4-18H,19-21H2,1-3H3,(H,30,31,32);3-14,16-17H,15,18H2,1-2H3,(H,28,29,30);5-12,14,16,22H,3-4,13,15,17H2,1-2H3,(H,26,31)(H,27,28,29);7-15,17H,4-6,16,18H2,1-3H3,(H,26,31)(H,27,28,29). The fraction of sp³-hybridized carbons (Fsp3) is 0.248. The maximum Gasteiger partial charge on any atom is 0.254 e. The number of hydrogen-bond acceptors (Lipinski definition) is 20. The lowest BCUT2D eigenvalue weighted by atomic mass is 10.1. The van der Waals surface area contributed by atoms with E-state index in [0.717, 1.165) is 131 Å². The zero-order chi connectivity index (χ0) is 90.6. The van der Waals surface area contributed by atoms with E-state index in [9.17, 15) is 19.2 Å². The van der Waals surface area contributed by atoms with Crippen molar-refractivity contribution in [3.63, 3.8) is 0 Å². The molecule has 1 atom stereocenters. The molecule has 24 heteroatoms. The number of benzene rings is 9. The smallest absolute Gasteiger partial charge is 0.254 e. The number of nitrogens with zero attached hydrogens (tertiary/aromatic N) is 14. The molecule has 9 aromatic carbocycles. The van der Waals surface area contributed by atoms with Crippen LogP contribution in [0.1, 0.15) is 114 Å². The van der Waals surface area contributed by atoms with E-state index in [0.29, 0.717) is 84.8 Å². The van der Waals surface area contributed by atoms with E-state index in [1.807, 2.05) is 208 Å². The Morgan fingerprint density at radius 1 is 0.388 bits per heavy atom. The molecular formula is C105H116N20O4. The molecule has 0 bridgehead atoms. The van der Waals surface area contributed by atoms with E-state index in [2.05, 4.69) is 225 Å². The SMILES string of the molecule is CCN(CC)CCCNC(=O)c1ccc(Nc2nccc(-c3ccc(C)cc3)n2)cc1.Cc1ccc(-c2ccnc(Nc3ccc(C(=O)N(C)CCc4ccccn4)cc3)n2)cc1.Cc1ccc(-c2ccnc(Nc3ccc(C(=O)N(CCN(C)C)Cc4ccccc4)cc3)n2)cc1.Cc1ccc(-c2ccnc(Nc3ccc(C(=O)NCCC4CCCN4C)cc3)n2)cc1. The lowest BCUT2D eigenvalue weighted by Crippen LogP contribution is -2.36. The van der Waals surface area contributed by atoms with Crippen LogP contribution in [0.25, 0.3) is 45.0 Å². The minimum Gasteiger partial charge on any atom is -0.352 e. The Hall–Kier alpha value is -14.6. The molecule has 24 nitrogen and oxygen atoms in total. The Morgan fingerprint density at radius 2 is 0.767 bits per heavy atom. The van der Waals surface area contributed by atoms with E-state index in [1.165, 1.54) is 35.1 Å². The van der Waals surface area contributed by atoms with Gasteiger partial charge in [0.05, 0.1) is 22.8 Å². The van der Waals surface area contributed by atoms with Crippen molar-refractivity contribution in [3.05, 3.63) is 354 Å². The normalized spacial score (nSPS) is 12.1. The van der Waals surface area contributed by atoms with Crippen molar-refractivity contribution in [1.82, 2.24) is 80.0 Å². The summed E-state index contributed by atoms with van der Waals surface area (Å²) in [6.45, 7) is 20.8. The maximum absolute atomic E-state index is 13.3. The third kappa shape index (κ3) is 29.5. The summed E-state index contributed by atoms with van der Waals surface area (Å²) in [7, 11) is 8.00. The quantitative estimate of drug-likeness (QED) is 0.0209. The van der Waals surface area contributed by atoms with Gasteiger partial charge in [0.15, 0.2) is 0 Å². The van der Waals surface area contributed by atoms with Gasteiger partial charge in [0.1, 0.15) is 0 Å². The Morgan fingerprint density at radius 3 is 1.13 bits per heavy atom. The number of likely N-dealkylation sites (tertiary alicyclic amines) is 1. The summed E-state index contributed by atoms with van der Waals surface area (Å²) >= 11 is 0. The largest absolute Gasteiger partial charge is 0.352 e. The highest BCUT2D eigenvalue weighted by molar-refractivity contribution is 5.96. The second kappa shape index (κ2) is 48.2. The van der Waals surface area contributed by atoms with Crippen molar-refractivity contribution < 1.29 is 19.2 Å². The molecule has 1 aliphatic heterocycles. The highest BCUT2D eigenvalue weighted by Gasteiger charge is 2.22. The Bertz CT molecular complexity index is 5840. The third-order valence-corrected chi connectivity index (χ3v) is 22.0. The minimum atomic E-state index is -0.0521. The van der Waals surface area contributed by atoms with E-state index in [1.54, 1.807) is 35.9 Å². The van der Waals surface area contributed by atoms with Crippen molar-refractivity contribution in [2.75, 3.05) is 108 Å². The number of aromatic nitrogens is 9. The summed E-state index contributed by atoms with van der Waals surface area (Å²) < 4.78 is 0. The van der Waals surface area contributed by atoms with Gasteiger partial charge in [-0.3, -0.25) is 24.2 Å². The molecule has 1 saturated heterocycles. The molecular weight excluding hydrogens is 1610 g/mol. The van der Waals surface area contributed by atoms with Crippen molar-refractivity contribution in [3.8, 4) is 45.0 Å². The molecule has 129 heavy (non-hydrogen) atoms. The van der Waals surface area contributed by atoms with Gasteiger partial charge in [0.25, 0.3) is 23.6 Å². The fourth-order valence-corrected chi connectivity index (χ4v) is 14.2. The van der Waals surface area contributed by atoms with Gasteiger partial charge < -0.3 is 56.4 Å². The molecule has 0 spiro atoms. The van der Waals surface area contributed by atoms with Crippen LogP contribution in [0.5, 0.6) is 0 Å². The van der Waals surface area contributed by atoms with Gasteiger partial charge in [-0.1, -0.05) is 170 Å². The maximum atomic E-state index is 13.3. The Labute approximate surface area is 758 Å². The number of amides is 4. The molecule has 1 fully saturated rings. The monoisotopic (exact) mass is 1720 g/mol. The Balaban J connectivity index is 0.000000156. The van der Waals surface area contributed by atoms with Crippen molar-refractivity contribution >= 4 is 70.2 Å². The summed E-state index contributed by atoms with van der Waals surface area (Å²) in [6.07, 6.45) is 13.9. The van der Waals surface area contributed by atoms with E-state index < -0.39 is 0 Å². The van der Waals surface area contributed by atoms with Crippen LogP contribution >= 0.6 is 0 Å². The molecule has 14 aromatic rings. The lowest BCUT2D eigenvalue weighted by Gasteiger charge is -2.25. The van der Waals surface area contributed by atoms with Crippen LogP contribution in [0.4, 0.5) is 46.5 Å². The van der Waals surface area contributed by atoms with Gasteiger partial charge in [-0.05, 0) is 240 Å². The second-order valence-corrected chi connectivity index (χ2v) is 32.1. The van der Waals surface area contributed by atoms with Crippen molar-refractivity contribution in [2.24, 2.45) is 0 Å². The molecule has 660 valence electrons. The molecule has 0 saturated carbocycles. The number of rotatable bonds is 33. The van der Waals surface area contributed by atoms with Crippen molar-refractivity contribution in [2.45, 2.75) is 86.2 Å². The second-order valence-electron chi connectivity index (χ2n) is 32.1. The topological polar surface area (TPSA) is 273 Å². The van der Waals surface area contributed by atoms with Crippen molar-refractivity contribution in [1.29, 1.82) is 0 Å². The average molecular weight is 1720 g/mol. The summed E-state index contributed by atoms with van der Waals surface area (Å²) in [6, 6.07) is 86.6. The first-order valence-electron chi connectivity index (χ1n) is 43.9. The zero-order valence-corrected chi connectivity index (χ0v) is 75.4. The van der Waals surface area contributed by atoms with Gasteiger partial charge in [0, 0.05) is 163 Å². The first-order chi connectivity index (χ1) is 62.7. The van der Waals surface area contributed by atoms with E-state index in [-0.39, 0.29) is 23.6 Å². The predicted octanol–water partition coefficient (Wildman–Crippen LogP) is 19.4. The number of likely N-dealkylation sites (N-methyl/N-ethyl adjacent to an activating group) is 2. The average Bonchev–Trinajstić information content (AvgIpc) is 1.32. The van der Waals surface area contributed by atoms with Crippen LogP contribution in [-0.4, -0.2) is 186 Å². The van der Waals surface area contributed by atoms with Gasteiger partial charge >= 0.3 is 0 Å². The summed E-state index contributed by atoms with van der Waals surface area (Å²) in [5.41, 5.74) is 20.4. The number of pyridine rings is 1. The molecule has 6 heterocycles. The highest BCUT2D eigenvalue weighted by Crippen LogP contribution is 2.28. The van der Waals surface area contributed by atoms with E-state index >= 15 is 0 Å². The molecule has 5 aromatic heterocycles. The van der Waals surface area contributed by atoms with Crippen LogP contribution in [-0.2, 0) is 13.0 Å². The zero-order valence-electron chi connectivity index (χ0n) is 75.4. The van der Waals surface area contributed by atoms with E-state index in [4.69, 9.17) is 0 Å². The predicted molar refractivity (Wildman–Crippen MR) is 520 cm³/mol. The number of carbonyl (C=O) groups excluding carboxylic acids is 4. The highest BCUT2D eigenvalue weighted by atomic mass is 16.2. The summed E-state index contributed by atoms with van der Waals surface area (Å²) in [5, 5.41) is 18.9. The first kappa shape index (κ1) is 93.6. The summed E-state index contributed by atoms with van der Waals surface area (Å²) in [5.74, 6) is 1.97. The van der Waals surface area contributed by atoms with Crippen LogP contribution in [0.3, 0.4) is 0 Å². The van der Waals surface area contributed by atoms with Gasteiger partial charge in [-0.15, -0.1) is 0 Å². The molecule has 0 aliphatic carbocycles. The number of nitrogens with one attached hydrogen (secondary N) is 6. The van der Waals surface area contributed by atoms with Gasteiger partial charge in [-0.25, -0.2) is 39.9 Å². The van der Waals surface area contributed by atoms with Crippen LogP contribution < -0.4 is 31.9 Å². The molecule has 1 aliphatic rings. The molecule has 1 unspecified atom stereocenters. The first-order valence-corrected chi connectivity index (χ1v) is 43.9. The lowest BCUT2D eigenvalue weighted by molar-refractivity contribution is 0.0730. The van der Waals surface area contributed by atoms with Crippen LogP contribution in [0.2, 0.25) is 0 Å². The number of hydrogen-bond donors (Lipinski definition) is 6. The Kier molecular flexibility index (Phi) is 35.0. The number of carbonyl (C=O) groups is 4. The van der Waals surface area contributed by atoms with Crippen LogP contribution in [0, 0.1) is 27.7 Å². The van der Waals surface area contributed by atoms with Gasteiger partial charge in [0.2, 0.25) is 23.8 Å². The minimum absolute atomic E-state index is 0.0138. The third-order valence-electron chi connectivity index (χ3n) is 22.0. The fourth-order valence-electron chi connectivity index (χ4n) is 14.2. The number of aryl methyl sites for hydroxylation is 4. The number of anilines is 8. The molecule has 0 radical (unpaired) electrons. The molecule has 15 rings (SSSR count). The van der Waals surface area contributed by atoms with Gasteiger partial charge in [-0.2, -0.15) is 0 Å².